The third-order valence-electron chi connectivity index (χ3n) is 4.79. The number of carbonyl (C=O) groups is 1. The Morgan fingerprint density at radius 3 is 2.37 bits per heavy atom. The molecule has 144 valence electrons. The van der Waals surface area contributed by atoms with Crippen molar-refractivity contribution >= 4 is 23.3 Å². The van der Waals surface area contributed by atoms with Crippen LogP contribution in [-0.4, -0.2) is 31.9 Å². The first kappa shape index (κ1) is 19.3. The number of aliphatic carboxylic acids is 1. The van der Waals surface area contributed by atoms with Crippen LogP contribution in [0.1, 0.15) is 30.5 Å². The fraction of sp³-hybridized carbons (Fsp3) is 0.350. The van der Waals surface area contributed by atoms with Gasteiger partial charge in [-0.2, -0.15) is 0 Å². The molecule has 1 heterocycles. The maximum atomic E-state index is 12.5. The van der Waals surface area contributed by atoms with E-state index >= 15 is 0 Å². The van der Waals surface area contributed by atoms with Gasteiger partial charge in [0.25, 0.3) is 0 Å². The van der Waals surface area contributed by atoms with Gasteiger partial charge in [0.15, 0.2) is 5.60 Å². The Labute approximate surface area is 163 Å². The predicted octanol–water partition coefficient (Wildman–Crippen LogP) is 4.23. The number of nitrogens with one attached hydrogen (secondary N) is 1. The van der Waals surface area contributed by atoms with Crippen LogP contribution in [0.4, 0.5) is 5.69 Å². The Morgan fingerprint density at radius 1 is 1.19 bits per heavy atom. The van der Waals surface area contributed by atoms with Crippen LogP contribution < -0.4 is 14.8 Å². The first-order valence-electron chi connectivity index (χ1n) is 8.61. The quantitative estimate of drug-likeness (QED) is 0.767. The molecule has 2 aromatic carbocycles. The molecule has 0 radical (unpaired) electrons. The first-order valence-corrected chi connectivity index (χ1v) is 8.99. The Kier molecular flexibility index (Phi) is 5.48. The van der Waals surface area contributed by atoms with Gasteiger partial charge < -0.3 is 24.6 Å². The Bertz CT molecular complexity index is 839. The van der Waals surface area contributed by atoms with Crippen LogP contribution in [0.5, 0.6) is 11.5 Å². The molecule has 1 aliphatic heterocycles. The molecule has 2 atom stereocenters. The van der Waals surface area contributed by atoms with Crippen LogP contribution in [-0.2, 0) is 15.1 Å². The second-order valence-electron chi connectivity index (χ2n) is 6.24. The van der Waals surface area contributed by atoms with Gasteiger partial charge in [0.2, 0.25) is 0 Å². The second kappa shape index (κ2) is 7.66. The van der Waals surface area contributed by atoms with E-state index in [1.54, 1.807) is 38.3 Å². The van der Waals surface area contributed by atoms with Crippen molar-refractivity contribution < 1.29 is 24.1 Å². The number of anilines is 1. The monoisotopic (exact) mass is 391 g/mol. The molecular formula is C20H22ClNO5. The van der Waals surface area contributed by atoms with Crippen LogP contribution >= 0.6 is 11.6 Å². The number of methoxy groups -OCH3 is 2. The highest BCUT2D eigenvalue weighted by Crippen LogP contribution is 2.52. The molecule has 0 amide bonds. The molecule has 0 fully saturated rings. The van der Waals surface area contributed by atoms with Gasteiger partial charge in [0, 0.05) is 18.1 Å². The highest BCUT2D eigenvalue weighted by molar-refractivity contribution is 6.30. The van der Waals surface area contributed by atoms with Gasteiger partial charge >= 0.3 is 5.97 Å². The molecule has 0 unspecified atom stereocenters. The van der Waals surface area contributed by atoms with Gasteiger partial charge in [-0.05, 0) is 36.8 Å². The van der Waals surface area contributed by atoms with Crippen molar-refractivity contribution in [3.63, 3.8) is 0 Å². The number of fused-ring (bicyclic) bond motifs is 1. The van der Waals surface area contributed by atoms with Crippen molar-refractivity contribution in [2.24, 2.45) is 0 Å². The van der Waals surface area contributed by atoms with Crippen molar-refractivity contribution in [1.82, 2.24) is 0 Å². The lowest BCUT2D eigenvalue weighted by atomic mass is 9.79. The lowest BCUT2D eigenvalue weighted by Gasteiger charge is -2.41. The number of hydrogen-bond acceptors (Lipinski definition) is 5. The van der Waals surface area contributed by atoms with Gasteiger partial charge in [-0.25, -0.2) is 4.79 Å². The Balaban J connectivity index is 2.24. The number of rotatable bonds is 6. The Hall–Kier alpha value is -2.44. The molecule has 2 N–H and O–H groups in total. The van der Waals surface area contributed by atoms with E-state index in [9.17, 15) is 9.90 Å². The highest BCUT2D eigenvalue weighted by atomic mass is 35.5. The summed E-state index contributed by atoms with van der Waals surface area (Å²) >= 11 is 6.00. The molecule has 6 nitrogen and oxygen atoms in total. The van der Waals surface area contributed by atoms with E-state index in [2.05, 4.69) is 5.32 Å². The van der Waals surface area contributed by atoms with Crippen molar-refractivity contribution in [2.45, 2.75) is 25.0 Å². The summed E-state index contributed by atoms with van der Waals surface area (Å²) in [6.07, 6.45) is 0.189. The van der Waals surface area contributed by atoms with Crippen LogP contribution in [0.2, 0.25) is 5.02 Å². The molecule has 0 aromatic heterocycles. The molecule has 0 saturated heterocycles. The lowest BCUT2D eigenvalue weighted by molar-refractivity contribution is -0.169. The molecule has 1 aliphatic rings. The van der Waals surface area contributed by atoms with E-state index in [1.165, 1.54) is 7.11 Å². The van der Waals surface area contributed by atoms with Gasteiger partial charge in [0.1, 0.15) is 11.5 Å². The van der Waals surface area contributed by atoms with Gasteiger partial charge in [0.05, 0.1) is 31.5 Å². The normalized spacial score (nSPS) is 21.1. The minimum Gasteiger partial charge on any atom is -0.496 e. The Morgan fingerprint density at radius 2 is 1.81 bits per heavy atom. The van der Waals surface area contributed by atoms with Crippen LogP contribution in [0.25, 0.3) is 0 Å². The lowest BCUT2D eigenvalue weighted by Crippen LogP contribution is -2.45. The molecule has 0 bridgehead atoms. The number of halogens is 1. The van der Waals surface area contributed by atoms with Crippen LogP contribution in [0.15, 0.2) is 36.4 Å². The van der Waals surface area contributed by atoms with Crippen molar-refractivity contribution in [2.75, 3.05) is 26.1 Å². The van der Waals surface area contributed by atoms with Gasteiger partial charge in [-0.1, -0.05) is 23.7 Å². The van der Waals surface area contributed by atoms with E-state index < -0.39 is 11.6 Å². The highest BCUT2D eigenvalue weighted by Gasteiger charge is 2.51. The van der Waals surface area contributed by atoms with Gasteiger partial charge in [-0.3, -0.25) is 0 Å². The van der Waals surface area contributed by atoms with E-state index in [1.807, 2.05) is 12.1 Å². The smallest absolute Gasteiger partial charge is 0.341 e. The molecule has 2 aromatic rings. The van der Waals surface area contributed by atoms with Crippen molar-refractivity contribution in [3.05, 3.63) is 52.5 Å². The van der Waals surface area contributed by atoms with Crippen LogP contribution in [0, 0.1) is 0 Å². The summed E-state index contributed by atoms with van der Waals surface area (Å²) in [5, 5.41) is 14.2. The number of benzene rings is 2. The maximum absolute atomic E-state index is 12.5. The summed E-state index contributed by atoms with van der Waals surface area (Å²) in [5.74, 6) is -0.115. The summed E-state index contributed by atoms with van der Waals surface area (Å²) in [4.78, 5) is 12.5. The summed E-state index contributed by atoms with van der Waals surface area (Å²) in [6, 6.07) is 10.4. The van der Waals surface area contributed by atoms with E-state index in [0.717, 1.165) is 5.56 Å². The van der Waals surface area contributed by atoms with Crippen molar-refractivity contribution in [1.29, 1.82) is 0 Å². The van der Waals surface area contributed by atoms with Crippen LogP contribution in [0.3, 0.4) is 0 Å². The largest absolute Gasteiger partial charge is 0.496 e. The summed E-state index contributed by atoms with van der Waals surface area (Å²) in [5.41, 5.74) is 0.322. The van der Waals surface area contributed by atoms with E-state index in [0.29, 0.717) is 27.8 Å². The average Bonchev–Trinajstić information content (AvgIpc) is 2.67. The maximum Gasteiger partial charge on any atom is 0.341 e. The van der Waals surface area contributed by atoms with E-state index in [4.69, 9.17) is 25.8 Å². The first-order chi connectivity index (χ1) is 13.0. The molecule has 0 spiro atoms. The number of carboxylic acid groups (broad SMARTS) is 1. The minimum atomic E-state index is -1.57. The molecule has 0 aliphatic carbocycles. The third kappa shape index (κ3) is 3.31. The molecule has 0 saturated carbocycles. The zero-order valence-electron chi connectivity index (χ0n) is 15.4. The average molecular weight is 392 g/mol. The summed E-state index contributed by atoms with van der Waals surface area (Å²) in [7, 11) is 3.05. The topological polar surface area (TPSA) is 77.0 Å². The predicted molar refractivity (Wildman–Crippen MR) is 103 cm³/mol. The number of carboxylic acids is 1. The number of ether oxygens (including phenoxy) is 3. The van der Waals surface area contributed by atoms with Gasteiger partial charge in [-0.15, -0.1) is 0 Å². The summed E-state index contributed by atoms with van der Waals surface area (Å²) < 4.78 is 16.8. The fourth-order valence-corrected chi connectivity index (χ4v) is 3.72. The SMILES string of the molecule is CCO[C@]1(C(=O)O)C[C@H](c2ccc(Cl)cc2)Nc2c(OC)ccc(OC)c21. The van der Waals surface area contributed by atoms with Crippen molar-refractivity contribution in [3.8, 4) is 11.5 Å². The zero-order valence-corrected chi connectivity index (χ0v) is 16.2. The zero-order chi connectivity index (χ0) is 19.6. The molecule has 7 heteroatoms. The molecular weight excluding hydrogens is 370 g/mol. The summed E-state index contributed by atoms with van der Waals surface area (Å²) in [6.45, 7) is 2.01. The minimum absolute atomic E-state index is 0.189. The fourth-order valence-electron chi connectivity index (χ4n) is 3.59. The number of hydrogen-bond donors (Lipinski definition) is 2. The molecule has 27 heavy (non-hydrogen) atoms. The van der Waals surface area contributed by atoms with E-state index in [-0.39, 0.29) is 19.1 Å². The molecule has 3 rings (SSSR count). The third-order valence-corrected chi connectivity index (χ3v) is 5.04. The standard InChI is InChI=1S/C20H22ClNO5/c1-4-27-20(19(23)24)11-14(12-5-7-13(21)8-6-12)22-18-16(26-3)10-9-15(25-2)17(18)20/h5-10,14,22H,4,11H2,1-3H3,(H,23,24)/t14-,20-/m1/s1. The second-order valence-corrected chi connectivity index (χ2v) is 6.67.